The Morgan fingerprint density at radius 2 is 1.84 bits per heavy atom. The van der Waals surface area contributed by atoms with Gasteiger partial charge in [-0.1, -0.05) is 34.8 Å². The van der Waals surface area contributed by atoms with Gasteiger partial charge < -0.3 is 15.2 Å². The zero-order valence-corrected chi connectivity index (χ0v) is 14.9. The molecule has 2 rings (SSSR count). The molecule has 0 radical (unpaired) electrons. The van der Waals surface area contributed by atoms with Crippen LogP contribution in [0.3, 0.4) is 0 Å². The molecule has 2 aromatic carbocycles. The summed E-state index contributed by atoms with van der Waals surface area (Å²) in [6, 6.07) is 5.64. The van der Waals surface area contributed by atoms with Crippen molar-refractivity contribution in [2.75, 3.05) is 5.32 Å². The van der Waals surface area contributed by atoms with E-state index in [0.717, 1.165) is 0 Å². The maximum Gasteiger partial charge on any atom is 0.325 e. The van der Waals surface area contributed by atoms with Gasteiger partial charge in [0, 0.05) is 17.2 Å². The Kier molecular flexibility index (Phi) is 5.94. The molecule has 1 atom stereocenters. The van der Waals surface area contributed by atoms with E-state index in [0.29, 0.717) is 5.02 Å². The van der Waals surface area contributed by atoms with E-state index in [4.69, 9.17) is 44.6 Å². The van der Waals surface area contributed by atoms with E-state index in [-0.39, 0.29) is 32.9 Å². The van der Waals surface area contributed by atoms with Crippen molar-refractivity contribution in [3.8, 4) is 11.5 Å². The van der Waals surface area contributed by atoms with Gasteiger partial charge >= 0.3 is 5.97 Å². The molecule has 0 amide bonds. The summed E-state index contributed by atoms with van der Waals surface area (Å²) in [6.07, 6.45) is 0. The van der Waals surface area contributed by atoms with E-state index >= 15 is 0 Å². The van der Waals surface area contributed by atoms with Gasteiger partial charge in [-0.25, -0.2) is 0 Å². The Labute approximate surface area is 157 Å². The van der Waals surface area contributed by atoms with Crippen LogP contribution in [0.5, 0.6) is 11.5 Å². The summed E-state index contributed by atoms with van der Waals surface area (Å²) in [7, 11) is 0. The predicted octanol–water partition coefficient (Wildman–Crippen LogP) is 5.23. The summed E-state index contributed by atoms with van der Waals surface area (Å²) < 4.78 is 5.58. The van der Waals surface area contributed by atoms with Crippen molar-refractivity contribution < 1.29 is 19.6 Å². The van der Waals surface area contributed by atoms with Crippen LogP contribution in [-0.2, 0) is 4.79 Å². The van der Waals surface area contributed by atoms with E-state index in [1.807, 2.05) is 0 Å². The SMILES string of the molecule is CC(Nc1cc(Oc2c(Cl)cc(Cl)cc2Cl)ccc1[N+](=O)[O-])C(=O)O. The minimum absolute atomic E-state index is 0.0152. The molecule has 0 saturated carbocycles. The number of benzene rings is 2. The first-order valence-corrected chi connectivity index (χ1v) is 7.92. The topological polar surface area (TPSA) is 102 Å². The minimum Gasteiger partial charge on any atom is -0.480 e. The maximum atomic E-state index is 11.1. The number of nitro benzene ring substituents is 1. The lowest BCUT2D eigenvalue weighted by atomic mass is 10.2. The van der Waals surface area contributed by atoms with Crippen LogP contribution in [0.15, 0.2) is 30.3 Å². The van der Waals surface area contributed by atoms with Gasteiger partial charge in [0.1, 0.15) is 17.5 Å². The van der Waals surface area contributed by atoms with Gasteiger partial charge in [0.2, 0.25) is 0 Å². The van der Waals surface area contributed by atoms with Gasteiger partial charge in [0.05, 0.1) is 15.0 Å². The second-order valence-corrected chi connectivity index (χ2v) is 6.19. The molecule has 0 fully saturated rings. The first-order chi connectivity index (χ1) is 11.7. The molecular weight excluding hydrogens is 395 g/mol. The Hall–Kier alpha value is -2.22. The van der Waals surface area contributed by atoms with E-state index in [2.05, 4.69) is 5.32 Å². The first kappa shape index (κ1) is 19.1. The van der Waals surface area contributed by atoms with Crippen LogP contribution < -0.4 is 10.1 Å². The number of carboxylic acid groups (broad SMARTS) is 1. The predicted molar refractivity (Wildman–Crippen MR) is 95.4 cm³/mol. The molecule has 1 unspecified atom stereocenters. The zero-order chi connectivity index (χ0) is 18.7. The van der Waals surface area contributed by atoms with E-state index < -0.39 is 16.9 Å². The number of carbonyl (C=O) groups is 1. The minimum atomic E-state index is -1.16. The number of nitro groups is 1. The van der Waals surface area contributed by atoms with Crippen LogP contribution in [0.4, 0.5) is 11.4 Å². The van der Waals surface area contributed by atoms with Gasteiger partial charge in [-0.05, 0) is 25.1 Å². The molecule has 25 heavy (non-hydrogen) atoms. The molecule has 0 aliphatic heterocycles. The van der Waals surface area contributed by atoms with Crippen molar-refractivity contribution in [3.05, 3.63) is 55.5 Å². The van der Waals surface area contributed by atoms with Crippen LogP contribution >= 0.6 is 34.8 Å². The summed E-state index contributed by atoms with van der Waals surface area (Å²) in [6.45, 7) is 1.35. The summed E-state index contributed by atoms with van der Waals surface area (Å²) in [4.78, 5) is 21.4. The molecule has 0 aromatic heterocycles. The Morgan fingerprint density at radius 1 is 1.24 bits per heavy atom. The monoisotopic (exact) mass is 404 g/mol. The van der Waals surface area contributed by atoms with E-state index in [1.54, 1.807) is 0 Å². The summed E-state index contributed by atoms with van der Waals surface area (Å²) in [5, 5.41) is 23.3. The number of halogens is 3. The molecule has 0 bridgehead atoms. The smallest absolute Gasteiger partial charge is 0.325 e. The van der Waals surface area contributed by atoms with E-state index in [1.165, 1.54) is 37.3 Å². The van der Waals surface area contributed by atoms with Crippen LogP contribution in [0, 0.1) is 10.1 Å². The average molecular weight is 406 g/mol. The molecule has 2 aromatic rings. The van der Waals surface area contributed by atoms with Crippen molar-refractivity contribution in [1.29, 1.82) is 0 Å². The van der Waals surface area contributed by atoms with Crippen molar-refractivity contribution in [2.45, 2.75) is 13.0 Å². The number of aliphatic carboxylic acids is 1. The quantitative estimate of drug-likeness (QED) is 0.504. The second kappa shape index (κ2) is 7.77. The maximum absolute atomic E-state index is 11.1. The van der Waals surface area contributed by atoms with Crippen LogP contribution in [0.2, 0.25) is 15.1 Å². The molecule has 0 saturated heterocycles. The number of carboxylic acids is 1. The van der Waals surface area contributed by atoms with Gasteiger partial charge in [0.15, 0.2) is 5.75 Å². The van der Waals surface area contributed by atoms with Gasteiger partial charge in [-0.2, -0.15) is 0 Å². The number of rotatable bonds is 6. The van der Waals surface area contributed by atoms with Crippen LogP contribution in [-0.4, -0.2) is 22.0 Å². The molecule has 7 nitrogen and oxygen atoms in total. The lowest BCUT2D eigenvalue weighted by Gasteiger charge is -2.14. The highest BCUT2D eigenvalue weighted by Gasteiger charge is 2.20. The zero-order valence-electron chi connectivity index (χ0n) is 12.6. The molecule has 10 heteroatoms. The van der Waals surface area contributed by atoms with Crippen molar-refractivity contribution >= 4 is 52.1 Å². The highest BCUT2D eigenvalue weighted by atomic mass is 35.5. The fourth-order valence-corrected chi connectivity index (χ4v) is 2.79. The molecule has 2 N–H and O–H groups in total. The lowest BCUT2D eigenvalue weighted by Crippen LogP contribution is -2.25. The van der Waals surface area contributed by atoms with Crippen molar-refractivity contribution in [3.63, 3.8) is 0 Å². The lowest BCUT2D eigenvalue weighted by molar-refractivity contribution is -0.384. The third-order valence-electron chi connectivity index (χ3n) is 3.09. The Balaban J connectivity index is 2.40. The van der Waals surface area contributed by atoms with Crippen LogP contribution in [0.25, 0.3) is 0 Å². The molecular formula is C15H11Cl3N2O5. The Bertz CT molecular complexity index is 821. The highest BCUT2D eigenvalue weighted by molar-refractivity contribution is 6.40. The third kappa shape index (κ3) is 4.66. The van der Waals surface area contributed by atoms with Gasteiger partial charge in [-0.15, -0.1) is 0 Å². The first-order valence-electron chi connectivity index (χ1n) is 6.79. The van der Waals surface area contributed by atoms with Crippen LogP contribution in [0.1, 0.15) is 6.92 Å². The molecule has 0 aliphatic carbocycles. The second-order valence-electron chi connectivity index (χ2n) is 4.94. The number of hydrogen-bond donors (Lipinski definition) is 2. The number of nitrogens with zero attached hydrogens (tertiary/aromatic N) is 1. The number of ether oxygens (including phenoxy) is 1. The molecule has 0 aliphatic rings. The van der Waals surface area contributed by atoms with E-state index in [9.17, 15) is 14.9 Å². The number of nitrogens with one attached hydrogen (secondary N) is 1. The van der Waals surface area contributed by atoms with Crippen molar-refractivity contribution in [2.24, 2.45) is 0 Å². The van der Waals surface area contributed by atoms with Gasteiger partial charge in [-0.3, -0.25) is 14.9 Å². The summed E-state index contributed by atoms with van der Waals surface area (Å²) in [5.74, 6) is -0.861. The molecule has 132 valence electrons. The number of hydrogen-bond acceptors (Lipinski definition) is 5. The van der Waals surface area contributed by atoms with Crippen molar-refractivity contribution in [1.82, 2.24) is 0 Å². The standard InChI is InChI=1S/C15H11Cl3N2O5/c1-7(15(21)22)19-12-6-9(2-3-13(12)20(23)24)25-14-10(17)4-8(16)5-11(14)18/h2-7,19H,1H3,(H,21,22). The summed E-state index contributed by atoms with van der Waals surface area (Å²) >= 11 is 17.9. The number of anilines is 1. The largest absolute Gasteiger partial charge is 0.480 e. The Morgan fingerprint density at radius 3 is 2.36 bits per heavy atom. The fraction of sp³-hybridized carbons (Fsp3) is 0.133. The van der Waals surface area contributed by atoms with Gasteiger partial charge in [0.25, 0.3) is 5.69 Å². The molecule has 0 spiro atoms. The average Bonchev–Trinajstić information content (AvgIpc) is 2.50. The normalized spacial score (nSPS) is 11.7. The summed E-state index contributed by atoms with van der Waals surface area (Å²) in [5.41, 5.74) is -0.313. The third-order valence-corrected chi connectivity index (χ3v) is 3.87. The highest BCUT2D eigenvalue weighted by Crippen LogP contribution is 2.40. The molecule has 0 heterocycles. The fourth-order valence-electron chi connectivity index (χ4n) is 1.89.